The number of nitrogen functional groups attached to an aromatic ring is 1. The van der Waals surface area contributed by atoms with Gasteiger partial charge in [-0.2, -0.15) is 9.97 Å². The van der Waals surface area contributed by atoms with Crippen molar-refractivity contribution in [2.24, 2.45) is 0 Å². The topological polar surface area (TPSA) is 153 Å². The molecule has 1 aromatic carbocycles. The van der Waals surface area contributed by atoms with Crippen LogP contribution in [0.1, 0.15) is 19.4 Å². The molecule has 0 bridgehead atoms. The van der Waals surface area contributed by atoms with Crippen molar-refractivity contribution in [1.29, 1.82) is 0 Å². The summed E-state index contributed by atoms with van der Waals surface area (Å²) in [5, 5.41) is 2.75. The summed E-state index contributed by atoms with van der Waals surface area (Å²) >= 11 is 0. The van der Waals surface area contributed by atoms with Gasteiger partial charge in [0.1, 0.15) is 12.4 Å². The van der Waals surface area contributed by atoms with E-state index >= 15 is 0 Å². The third-order valence-corrected chi connectivity index (χ3v) is 6.54. The minimum Gasteiger partial charge on any atom is -0.479 e. The maximum Gasteiger partial charge on any atom is 0.323 e. The average molecular weight is 492 g/mol. The largest absolute Gasteiger partial charge is 0.479 e. The normalized spacial score (nSPS) is 14.0. The van der Waals surface area contributed by atoms with Gasteiger partial charge < -0.3 is 29.0 Å². The molecular weight excluding hydrogens is 463 g/mol. The maximum absolute atomic E-state index is 13.5. The molecule has 13 heteroatoms. The fraction of sp³-hybridized carbons (Fsp3) is 0.429. The van der Waals surface area contributed by atoms with Crippen molar-refractivity contribution in [2.75, 3.05) is 32.4 Å². The number of benzene rings is 1. The zero-order valence-corrected chi connectivity index (χ0v) is 20.2. The SMILES string of the molecule is CCOC(=O)[C@@H](C)NP(=O)(COCCn1cnc2c(OC)nc(N)nc21)OCc1ccccc1. The number of hydrogen-bond donors (Lipinski definition) is 2. The van der Waals surface area contributed by atoms with Gasteiger partial charge in [0.05, 0.1) is 33.3 Å². The van der Waals surface area contributed by atoms with Gasteiger partial charge in [0.2, 0.25) is 11.8 Å². The molecule has 1 unspecified atom stereocenters. The minimum absolute atomic E-state index is 0.0583. The summed E-state index contributed by atoms with van der Waals surface area (Å²) in [4.78, 5) is 24.5. The molecule has 12 nitrogen and oxygen atoms in total. The lowest BCUT2D eigenvalue weighted by molar-refractivity contribution is -0.144. The first-order chi connectivity index (χ1) is 16.3. The van der Waals surface area contributed by atoms with Crippen LogP contribution in [0.15, 0.2) is 36.7 Å². The van der Waals surface area contributed by atoms with Crippen LogP contribution < -0.4 is 15.6 Å². The van der Waals surface area contributed by atoms with Gasteiger partial charge in [-0.25, -0.2) is 10.1 Å². The molecule has 2 aromatic heterocycles. The third-order valence-electron chi connectivity index (χ3n) is 4.69. The summed E-state index contributed by atoms with van der Waals surface area (Å²) in [6.07, 6.45) is 1.31. The van der Waals surface area contributed by atoms with Crippen molar-refractivity contribution < 1.29 is 28.1 Å². The average Bonchev–Trinajstić information content (AvgIpc) is 3.23. The monoisotopic (exact) mass is 492 g/mol. The summed E-state index contributed by atoms with van der Waals surface area (Å²) < 4.78 is 36.8. The Morgan fingerprint density at radius 3 is 2.74 bits per heavy atom. The molecule has 0 saturated heterocycles. The molecule has 0 aliphatic carbocycles. The van der Waals surface area contributed by atoms with Crippen molar-refractivity contribution in [3.63, 3.8) is 0 Å². The lowest BCUT2D eigenvalue weighted by Gasteiger charge is -2.23. The number of fused-ring (bicyclic) bond motifs is 1. The number of nitrogens with two attached hydrogens (primary N) is 1. The minimum atomic E-state index is -3.56. The highest BCUT2D eigenvalue weighted by atomic mass is 31.2. The van der Waals surface area contributed by atoms with E-state index < -0.39 is 19.5 Å². The molecule has 3 aromatic rings. The Bertz CT molecular complexity index is 1140. The second-order valence-electron chi connectivity index (χ2n) is 7.27. The van der Waals surface area contributed by atoms with E-state index in [0.717, 1.165) is 5.56 Å². The van der Waals surface area contributed by atoms with E-state index in [1.165, 1.54) is 7.11 Å². The molecule has 0 aliphatic heterocycles. The van der Waals surface area contributed by atoms with Crippen LogP contribution in [0.2, 0.25) is 0 Å². The van der Waals surface area contributed by atoms with Gasteiger partial charge >= 0.3 is 5.97 Å². The number of esters is 1. The number of anilines is 1. The van der Waals surface area contributed by atoms with Gasteiger partial charge in [0.15, 0.2) is 11.2 Å². The Morgan fingerprint density at radius 1 is 1.26 bits per heavy atom. The molecule has 0 amide bonds. The number of imidazole rings is 1. The quantitative estimate of drug-likeness (QED) is 0.205. The number of nitrogens with one attached hydrogen (secondary N) is 1. The molecule has 184 valence electrons. The van der Waals surface area contributed by atoms with Gasteiger partial charge in [0, 0.05) is 6.54 Å². The van der Waals surface area contributed by atoms with E-state index in [4.69, 9.17) is 24.5 Å². The number of carbonyl (C=O) groups is 1. The highest BCUT2D eigenvalue weighted by Crippen LogP contribution is 2.44. The lowest BCUT2D eigenvalue weighted by atomic mass is 10.2. The number of nitrogens with zero attached hydrogens (tertiary/aromatic N) is 4. The number of hydrogen-bond acceptors (Lipinski definition) is 10. The van der Waals surface area contributed by atoms with Crippen molar-refractivity contribution in [3.05, 3.63) is 42.2 Å². The number of methoxy groups -OCH3 is 1. The number of ether oxygens (including phenoxy) is 3. The molecule has 0 fully saturated rings. The van der Waals surface area contributed by atoms with Gasteiger partial charge in [0.25, 0.3) is 7.52 Å². The fourth-order valence-corrected chi connectivity index (χ4v) is 4.71. The molecular formula is C21H29N6O6P. The number of aromatic nitrogens is 4. The van der Waals surface area contributed by atoms with E-state index in [1.54, 1.807) is 24.7 Å². The Morgan fingerprint density at radius 2 is 2.03 bits per heavy atom. The molecule has 3 N–H and O–H groups in total. The first kappa shape index (κ1) is 25.6. The second-order valence-corrected chi connectivity index (χ2v) is 9.40. The first-order valence-electron chi connectivity index (χ1n) is 10.7. The van der Waals surface area contributed by atoms with Crippen LogP contribution in [-0.2, 0) is 36.5 Å². The predicted octanol–water partition coefficient (Wildman–Crippen LogP) is 2.34. The van der Waals surface area contributed by atoms with Gasteiger partial charge in [-0.05, 0) is 19.4 Å². The van der Waals surface area contributed by atoms with E-state index in [-0.39, 0.29) is 38.0 Å². The van der Waals surface area contributed by atoms with Crippen molar-refractivity contribution in [1.82, 2.24) is 24.6 Å². The molecule has 0 spiro atoms. The highest BCUT2D eigenvalue weighted by Gasteiger charge is 2.29. The van der Waals surface area contributed by atoms with Gasteiger partial charge in [-0.1, -0.05) is 30.3 Å². The first-order valence-corrected chi connectivity index (χ1v) is 12.5. The molecule has 0 aliphatic rings. The lowest BCUT2D eigenvalue weighted by Crippen LogP contribution is -2.34. The molecule has 2 heterocycles. The van der Waals surface area contributed by atoms with E-state index in [2.05, 4.69) is 20.0 Å². The predicted molar refractivity (Wildman–Crippen MR) is 125 cm³/mol. The van der Waals surface area contributed by atoms with E-state index in [1.807, 2.05) is 30.3 Å². The Labute approximate surface area is 197 Å². The molecule has 0 radical (unpaired) electrons. The van der Waals surface area contributed by atoms with Crippen LogP contribution in [0.5, 0.6) is 5.88 Å². The summed E-state index contributed by atoms with van der Waals surface area (Å²) in [5.41, 5.74) is 7.54. The molecule has 2 atom stereocenters. The smallest absolute Gasteiger partial charge is 0.323 e. The Balaban J connectivity index is 1.64. The molecule has 0 saturated carbocycles. The summed E-state index contributed by atoms with van der Waals surface area (Å²) in [6, 6.07) is 8.46. The summed E-state index contributed by atoms with van der Waals surface area (Å²) in [7, 11) is -2.08. The summed E-state index contributed by atoms with van der Waals surface area (Å²) in [5.74, 6) is -0.191. The van der Waals surface area contributed by atoms with Crippen LogP contribution in [0, 0.1) is 0 Å². The van der Waals surface area contributed by atoms with E-state index in [0.29, 0.717) is 17.7 Å². The van der Waals surface area contributed by atoms with Crippen LogP contribution in [0.25, 0.3) is 11.2 Å². The standard InChI is InChI=1S/C21H29N6O6P/c1-4-32-20(28)15(2)26-34(29,33-12-16-8-6-5-7-9-16)14-31-11-10-27-13-23-17-18(27)24-21(22)25-19(17)30-3/h5-9,13,15H,4,10-12,14H2,1-3H3,(H,26,29)(H2,22,24,25)/t15-,34?/m1/s1. The van der Waals surface area contributed by atoms with Crippen molar-refractivity contribution in [2.45, 2.75) is 33.0 Å². The number of carbonyl (C=O) groups excluding carboxylic acids is 1. The van der Waals surface area contributed by atoms with Crippen LogP contribution in [-0.4, -0.2) is 58.2 Å². The molecule has 3 rings (SSSR count). The Kier molecular flexibility index (Phi) is 8.94. The third kappa shape index (κ3) is 6.73. The highest BCUT2D eigenvalue weighted by molar-refractivity contribution is 7.56. The zero-order valence-electron chi connectivity index (χ0n) is 19.3. The van der Waals surface area contributed by atoms with Gasteiger partial charge in [-0.3, -0.25) is 9.36 Å². The Hall–Kier alpha value is -3.05. The maximum atomic E-state index is 13.5. The fourth-order valence-electron chi connectivity index (χ4n) is 3.07. The zero-order chi connectivity index (χ0) is 24.6. The van der Waals surface area contributed by atoms with E-state index in [9.17, 15) is 9.36 Å². The second kappa shape index (κ2) is 11.9. The van der Waals surface area contributed by atoms with Crippen LogP contribution >= 0.6 is 7.52 Å². The number of rotatable bonds is 13. The van der Waals surface area contributed by atoms with Crippen LogP contribution in [0.3, 0.4) is 0 Å². The van der Waals surface area contributed by atoms with Crippen molar-refractivity contribution in [3.8, 4) is 5.88 Å². The van der Waals surface area contributed by atoms with Crippen LogP contribution in [0.4, 0.5) is 5.95 Å². The summed E-state index contributed by atoms with van der Waals surface area (Å²) in [6.45, 7) is 4.09. The van der Waals surface area contributed by atoms with Crippen molar-refractivity contribution >= 4 is 30.6 Å². The molecule has 34 heavy (non-hydrogen) atoms. The van der Waals surface area contributed by atoms with Gasteiger partial charge in [-0.15, -0.1) is 0 Å².